The fourth-order valence-electron chi connectivity index (χ4n) is 4.27. The maximum absolute atomic E-state index is 11.3. The third-order valence-corrected chi connectivity index (χ3v) is 5.76. The highest BCUT2D eigenvalue weighted by molar-refractivity contribution is 7.80. The zero-order valence-corrected chi connectivity index (χ0v) is 17.2. The molecule has 31 heavy (non-hydrogen) atoms. The van der Waals surface area contributed by atoms with Crippen LogP contribution in [-0.4, -0.2) is 25.7 Å². The Morgan fingerprint density at radius 1 is 1.13 bits per heavy atom. The summed E-state index contributed by atoms with van der Waals surface area (Å²) in [6.07, 6.45) is 4.40. The largest absolute Gasteiger partial charge is 0.375 e. The highest BCUT2D eigenvalue weighted by Gasteiger charge is 2.42. The van der Waals surface area contributed by atoms with Crippen molar-refractivity contribution in [2.24, 2.45) is 16.8 Å². The van der Waals surface area contributed by atoms with E-state index in [1.165, 1.54) is 24.3 Å². The average molecular weight is 437 g/mol. The van der Waals surface area contributed by atoms with Crippen molar-refractivity contribution in [3.63, 3.8) is 0 Å². The quantitative estimate of drug-likeness (QED) is 0.428. The molecule has 4 rings (SSSR count). The van der Waals surface area contributed by atoms with Crippen molar-refractivity contribution in [3.05, 3.63) is 85.5 Å². The van der Waals surface area contributed by atoms with Crippen LogP contribution in [-0.2, 0) is 0 Å². The predicted molar refractivity (Wildman–Crippen MR) is 120 cm³/mol. The van der Waals surface area contributed by atoms with Crippen molar-refractivity contribution in [3.8, 4) is 0 Å². The van der Waals surface area contributed by atoms with Gasteiger partial charge in [0.25, 0.3) is 11.4 Å². The van der Waals surface area contributed by atoms with Gasteiger partial charge >= 0.3 is 0 Å². The Hall–Kier alpha value is -3.66. The molecule has 10 heteroatoms. The van der Waals surface area contributed by atoms with E-state index in [2.05, 4.69) is 5.10 Å². The molecule has 2 aromatic rings. The first-order chi connectivity index (χ1) is 14.8. The Balaban J connectivity index is 1.74. The third-order valence-electron chi connectivity index (χ3n) is 5.57. The monoisotopic (exact) mass is 437 g/mol. The van der Waals surface area contributed by atoms with Crippen LogP contribution in [0.4, 0.5) is 11.4 Å². The molecule has 0 unspecified atom stereocenters. The van der Waals surface area contributed by atoms with Crippen molar-refractivity contribution in [2.75, 3.05) is 0 Å². The van der Waals surface area contributed by atoms with Crippen LogP contribution >= 0.6 is 12.2 Å². The molecule has 158 valence electrons. The van der Waals surface area contributed by atoms with Crippen LogP contribution in [0.1, 0.15) is 36.4 Å². The average Bonchev–Trinajstić information content (AvgIpc) is 3.15. The lowest BCUT2D eigenvalue weighted by atomic mass is 9.77. The number of nitro benzene ring substituents is 2. The number of hydrazone groups is 1. The van der Waals surface area contributed by atoms with Gasteiger partial charge in [-0.25, -0.2) is 5.01 Å². The number of allylic oxidation sites excluding steroid dienone is 1. The van der Waals surface area contributed by atoms with E-state index >= 15 is 0 Å². The Bertz CT molecular complexity index is 1150. The second-order valence-corrected chi connectivity index (χ2v) is 7.90. The van der Waals surface area contributed by atoms with Gasteiger partial charge in [0.05, 0.1) is 21.6 Å². The molecule has 0 amide bonds. The number of hydrogen-bond acceptors (Lipinski definition) is 6. The van der Waals surface area contributed by atoms with E-state index < -0.39 is 9.85 Å². The van der Waals surface area contributed by atoms with E-state index in [1.807, 2.05) is 18.2 Å². The number of non-ortho nitro benzene ring substituents is 2. The van der Waals surface area contributed by atoms with E-state index in [0.717, 1.165) is 36.1 Å². The van der Waals surface area contributed by atoms with Crippen molar-refractivity contribution in [1.29, 1.82) is 0 Å². The summed E-state index contributed by atoms with van der Waals surface area (Å²) in [4.78, 5) is 21.5. The zero-order valence-electron chi connectivity index (χ0n) is 16.4. The summed E-state index contributed by atoms with van der Waals surface area (Å²) in [5.74, 6) is -0.0396. The molecule has 2 atom stereocenters. The van der Waals surface area contributed by atoms with Gasteiger partial charge in [-0.15, -0.1) is 0 Å². The van der Waals surface area contributed by atoms with Crippen LogP contribution in [0.2, 0.25) is 0 Å². The van der Waals surface area contributed by atoms with Crippen molar-refractivity contribution >= 4 is 40.5 Å². The van der Waals surface area contributed by atoms with E-state index in [0.29, 0.717) is 5.56 Å². The molecule has 0 bridgehead atoms. The molecule has 9 nitrogen and oxygen atoms in total. The molecule has 1 heterocycles. The third kappa shape index (κ3) is 4.02. The molecule has 0 aromatic heterocycles. The normalized spacial score (nSPS) is 21.5. The Morgan fingerprint density at radius 3 is 2.48 bits per heavy atom. The van der Waals surface area contributed by atoms with Gasteiger partial charge in [0.15, 0.2) is 5.11 Å². The number of nitrogens with two attached hydrogens (primary N) is 1. The summed E-state index contributed by atoms with van der Waals surface area (Å²) >= 11 is 5.22. The van der Waals surface area contributed by atoms with E-state index in [-0.39, 0.29) is 28.4 Å². The number of fused-ring (bicyclic) bond motifs is 1. The maximum atomic E-state index is 11.3. The van der Waals surface area contributed by atoms with Crippen LogP contribution in [0.3, 0.4) is 0 Å². The molecule has 0 saturated heterocycles. The molecule has 0 spiro atoms. The fraction of sp³-hybridized carbons (Fsp3) is 0.238. The van der Waals surface area contributed by atoms with Gasteiger partial charge in [0, 0.05) is 30.2 Å². The molecule has 2 N–H and O–H groups in total. The molecular formula is C21H19N5O4S. The minimum absolute atomic E-state index is 0.00277. The van der Waals surface area contributed by atoms with E-state index in [9.17, 15) is 20.2 Å². The molecule has 2 aliphatic rings. The summed E-state index contributed by atoms with van der Waals surface area (Å²) in [5.41, 5.74) is 9.20. The minimum atomic E-state index is -0.431. The molecule has 1 fully saturated rings. The number of benzene rings is 2. The van der Waals surface area contributed by atoms with Crippen LogP contribution in [0.5, 0.6) is 0 Å². The second kappa shape index (κ2) is 8.23. The first kappa shape index (κ1) is 20.6. The minimum Gasteiger partial charge on any atom is -0.375 e. The number of rotatable bonds is 4. The highest BCUT2D eigenvalue weighted by atomic mass is 32.1. The van der Waals surface area contributed by atoms with Crippen molar-refractivity contribution in [1.82, 2.24) is 5.01 Å². The Morgan fingerprint density at radius 2 is 1.81 bits per heavy atom. The van der Waals surface area contributed by atoms with E-state index in [1.54, 1.807) is 17.1 Å². The van der Waals surface area contributed by atoms with Crippen LogP contribution < -0.4 is 5.73 Å². The van der Waals surface area contributed by atoms with Crippen LogP contribution in [0.25, 0.3) is 6.08 Å². The molecule has 1 saturated carbocycles. The first-order valence-corrected chi connectivity index (χ1v) is 10.1. The summed E-state index contributed by atoms with van der Waals surface area (Å²) < 4.78 is 0. The molecule has 1 aliphatic carbocycles. The van der Waals surface area contributed by atoms with Gasteiger partial charge in [-0.1, -0.05) is 24.3 Å². The topological polar surface area (TPSA) is 128 Å². The van der Waals surface area contributed by atoms with Crippen LogP contribution in [0.15, 0.2) is 59.2 Å². The molecular weight excluding hydrogens is 418 g/mol. The Kier molecular flexibility index (Phi) is 5.47. The summed E-state index contributed by atoms with van der Waals surface area (Å²) in [6.45, 7) is 0. The van der Waals surface area contributed by atoms with Gasteiger partial charge in [-0.3, -0.25) is 20.2 Å². The summed E-state index contributed by atoms with van der Waals surface area (Å²) in [6, 6.07) is 12.5. The smallest absolute Gasteiger partial charge is 0.270 e. The van der Waals surface area contributed by atoms with Gasteiger partial charge in [-0.2, -0.15) is 5.10 Å². The lowest BCUT2D eigenvalue weighted by molar-refractivity contribution is -0.385. The number of thiocarbonyl (C=S) groups is 1. The van der Waals surface area contributed by atoms with Gasteiger partial charge in [0.1, 0.15) is 0 Å². The van der Waals surface area contributed by atoms with Crippen LogP contribution in [0, 0.1) is 26.1 Å². The molecule has 1 aliphatic heterocycles. The van der Waals surface area contributed by atoms with Gasteiger partial charge in [-0.05, 0) is 54.3 Å². The fourth-order valence-corrected chi connectivity index (χ4v) is 4.42. The van der Waals surface area contributed by atoms with Crippen molar-refractivity contribution in [2.45, 2.75) is 25.3 Å². The van der Waals surface area contributed by atoms with Gasteiger partial charge in [0.2, 0.25) is 0 Å². The molecule has 0 radical (unpaired) electrons. The first-order valence-electron chi connectivity index (χ1n) is 9.72. The second-order valence-electron chi connectivity index (χ2n) is 7.49. The Labute approximate surface area is 183 Å². The SMILES string of the molecule is NC(=S)N1N=C2/C(=C/c3cccc([N+](=O)[O-])c3)CCC[C@H]2[C@H]1c1cccc([N+](=O)[O-])c1. The van der Waals surface area contributed by atoms with Gasteiger partial charge < -0.3 is 5.73 Å². The maximum Gasteiger partial charge on any atom is 0.270 e. The number of hydrogen-bond donors (Lipinski definition) is 1. The lowest BCUT2D eigenvalue weighted by Crippen LogP contribution is -2.35. The summed E-state index contributed by atoms with van der Waals surface area (Å²) in [7, 11) is 0. The van der Waals surface area contributed by atoms with E-state index in [4.69, 9.17) is 18.0 Å². The summed E-state index contributed by atoms with van der Waals surface area (Å²) in [5, 5.41) is 28.7. The molecule has 2 aromatic carbocycles. The zero-order chi connectivity index (χ0) is 22.1. The lowest BCUT2D eigenvalue weighted by Gasteiger charge is -2.29. The van der Waals surface area contributed by atoms with Crippen molar-refractivity contribution < 1.29 is 9.85 Å². The highest BCUT2D eigenvalue weighted by Crippen LogP contribution is 2.44. The number of nitrogens with zero attached hydrogens (tertiary/aromatic N) is 4. The number of nitro groups is 2. The predicted octanol–water partition coefficient (Wildman–Crippen LogP) is 4.34. The standard InChI is InChI=1S/C21H19N5O4S/c22-21(31)24-20(15-6-2-8-17(12-15)26(29)30)18-9-3-5-14(19(18)23-24)10-13-4-1-7-16(11-13)25(27)28/h1-2,4,6-8,10-12,18,20H,3,5,9H2,(H2,22,31)/b14-10+/t18-,20-/m1/s1.